The second kappa shape index (κ2) is 9.15. The zero-order chi connectivity index (χ0) is 24.5. The third kappa shape index (κ3) is 5.98. The molecule has 5 nitrogen and oxygen atoms in total. The van der Waals surface area contributed by atoms with Gasteiger partial charge in [0.1, 0.15) is 10.6 Å². The molecule has 3 rings (SSSR count). The Bertz CT molecular complexity index is 1080. The summed E-state index contributed by atoms with van der Waals surface area (Å²) in [5, 5.41) is 9.97. The van der Waals surface area contributed by atoms with Crippen molar-refractivity contribution in [2.45, 2.75) is 36.7 Å². The third-order valence-corrected chi connectivity index (χ3v) is 7.58. The molecule has 33 heavy (non-hydrogen) atoms. The van der Waals surface area contributed by atoms with Crippen molar-refractivity contribution in [1.29, 1.82) is 0 Å². The molecule has 1 saturated heterocycles. The maximum atomic E-state index is 13.0. The molecule has 0 radical (unpaired) electrons. The monoisotopic (exact) mass is 497 g/mol. The lowest BCUT2D eigenvalue weighted by atomic mass is 9.75. The fourth-order valence-electron chi connectivity index (χ4n) is 3.89. The second-order valence-corrected chi connectivity index (χ2v) is 9.84. The molecule has 1 fully saturated rings. The third-order valence-electron chi connectivity index (χ3n) is 5.64. The number of nitrogens with zero attached hydrogens (tertiary/aromatic N) is 1. The molecule has 1 heterocycles. The van der Waals surface area contributed by atoms with E-state index in [1.807, 2.05) is 0 Å². The van der Waals surface area contributed by atoms with Crippen LogP contribution in [0.3, 0.4) is 0 Å². The van der Waals surface area contributed by atoms with E-state index in [2.05, 4.69) is 4.74 Å². The Morgan fingerprint density at radius 3 is 2.18 bits per heavy atom. The van der Waals surface area contributed by atoms with E-state index in [0.717, 1.165) is 28.6 Å². The Labute approximate surface area is 186 Å². The summed E-state index contributed by atoms with van der Waals surface area (Å²) in [6.07, 6.45) is -9.28. The fraction of sp³-hybridized carbons (Fsp3) is 0.429. The number of ether oxygens (including phenoxy) is 1. The van der Waals surface area contributed by atoms with Crippen LogP contribution in [0.4, 0.5) is 26.3 Å². The summed E-state index contributed by atoms with van der Waals surface area (Å²) in [5.74, 6) is -0.854. The Kier molecular flexibility index (Phi) is 7.02. The summed E-state index contributed by atoms with van der Waals surface area (Å²) in [6.45, 7) is -0.630. The predicted octanol–water partition coefficient (Wildman–Crippen LogP) is 4.61. The van der Waals surface area contributed by atoms with Crippen LogP contribution in [0.1, 0.15) is 24.0 Å². The van der Waals surface area contributed by atoms with Crippen LogP contribution in [0.2, 0.25) is 0 Å². The lowest BCUT2D eigenvalue weighted by molar-refractivity contribution is -0.275. The first kappa shape index (κ1) is 25.3. The number of aliphatic hydroxyl groups excluding tert-OH is 1. The van der Waals surface area contributed by atoms with Crippen LogP contribution >= 0.6 is 0 Å². The van der Waals surface area contributed by atoms with Crippen molar-refractivity contribution >= 4 is 10.0 Å². The van der Waals surface area contributed by atoms with Gasteiger partial charge in [0.2, 0.25) is 10.0 Å². The number of para-hydroxylation sites is 1. The molecule has 1 aliphatic heterocycles. The van der Waals surface area contributed by atoms with Gasteiger partial charge in [-0.2, -0.15) is 17.5 Å². The SMILES string of the molecule is O=S(=O)(c1ccccc1OC(F)(F)F)N1CCC(CO)(Cc2cccc(C(F)(F)F)c2)CC1. The lowest BCUT2D eigenvalue weighted by Crippen LogP contribution is -2.45. The van der Waals surface area contributed by atoms with Crippen LogP contribution < -0.4 is 4.74 Å². The number of benzene rings is 2. The number of alkyl halides is 6. The number of rotatable bonds is 6. The quantitative estimate of drug-likeness (QED) is 0.592. The number of hydrogen-bond donors (Lipinski definition) is 1. The molecule has 0 aromatic heterocycles. The van der Waals surface area contributed by atoms with Gasteiger partial charge in [0.05, 0.1) is 5.56 Å². The maximum absolute atomic E-state index is 13.0. The Morgan fingerprint density at radius 2 is 1.61 bits per heavy atom. The van der Waals surface area contributed by atoms with Crippen molar-refractivity contribution < 1.29 is 44.6 Å². The second-order valence-electron chi connectivity index (χ2n) is 7.93. The minimum absolute atomic E-state index is 0.0923. The molecule has 1 aliphatic rings. The van der Waals surface area contributed by atoms with Crippen molar-refractivity contribution in [3.63, 3.8) is 0 Å². The van der Waals surface area contributed by atoms with Crippen molar-refractivity contribution in [2.75, 3.05) is 19.7 Å². The molecular formula is C21H21F6NO4S. The van der Waals surface area contributed by atoms with E-state index in [1.54, 1.807) is 0 Å². The van der Waals surface area contributed by atoms with Crippen molar-refractivity contribution in [3.05, 3.63) is 59.7 Å². The van der Waals surface area contributed by atoms with Crippen LogP contribution in [0.15, 0.2) is 53.4 Å². The van der Waals surface area contributed by atoms with E-state index in [-0.39, 0.29) is 39.0 Å². The smallest absolute Gasteiger partial charge is 0.404 e. The van der Waals surface area contributed by atoms with Gasteiger partial charge in [-0.1, -0.05) is 30.3 Å². The van der Waals surface area contributed by atoms with Gasteiger partial charge in [-0.25, -0.2) is 8.42 Å². The molecule has 2 aromatic rings. The summed E-state index contributed by atoms with van der Waals surface area (Å²) < 4.78 is 108. The van der Waals surface area contributed by atoms with Gasteiger partial charge >= 0.3 is 12.5 Å². The Morgan fingerprint density at radius 1 is 0.970 bits per heavy atom. The molecule has 0 aliphatic carbocycles. The number of hydrogen-bond acceptors (Lipinski definition) is 4. The summed E-state index contributed by atoms with van der Waals surface area (Å²) in [6, 6.07) is 9.08. The zero-order valence-electron chi connectivity index (χ0n) is 17.2. The summed E-state index contributed by atoms with van der Waals surface area (Å²) in [7, 11) is -4.34. The highest BCUT2D eigenvalue weighted by atomic mass is 32.2. The van der Waals surface area contributed by atoms with E-state index in [0.29, 0.717) is 5.56 Å². The molecule has 2 aromatic carbocycles. The molecule has 0 atom stereocenters. The summed E-state index contributed by atoms with van der Waals surface area (Å²) in [4.78, 5) is -0.642. The van der Waals surface area contributed by atoms with Gasteiger partial charge < -0.3 is 9.84 Å². The van der Waals surface area contributed by atoms with E-state index in [9.17, 15) is 39.9 Å². The van der Waals surface area contributed by atoms with Gasteiger partial charge in [0, 0.05) is 19.7 Å². The minimum Gasteiger partial charge on any atom is -0.404 e. The number of piperidine rings is 1. The molecule has 0 spiro atoms. The summed E-state index contributed by atoms with van der Waals surface area (Å²) in [5.41, 5.74) is -1.34. The molecule has 0 amide bonds. The van der Waals surface area contributed by atoms with E-state index >= 15 is 0 Å². The molecular weight excluding hydrogens is 476 g/mol. The van der Waals surface area contributed by atoms with E-state index in [1.165, 1.54) is 24.3 Å². The van der Waals surface area contributed by atoms with Crippen molar-refractivity contribution in [2.24, 2.45) is 5.41 Å². The highest BCUT2D eigenvalue weighted by Gasteiger charge is 2.41. The molecule has 182 valence electrons. The number of halogens is 6. The highest BCUT2D eigenvalue weighted by molar-refractivity contribution is 7.89. The highest BCUT2D eigenvalue weighted by Crippen LogP contribution is 2.39. The topological polar surface area (TPSA) is 66.8 Å². The molecule has 0 bridgehead atoms. The average Bonchev–Trinajstić information content (AvgIpc) is 2.73. The summed E-state index contributed by atoms with van der Waals surface area (Å²) >= 11 is 0. The van der Waals surface area contributed by atoms with Crippen LogP contribution in [-0.2, 0) is 22.6 Å². The van der Waals surface area contributed by atoms with Gasteiger partial charge in [0.25, 0.3) is 0 Å². The Balaban J connectivity index is 1.78. The first-order valence-electron chi connectivity index (χ1n) is 9.88. The first-order chi connectivity index (χ1) is 15.3. The zero-order valence-corrected chi connectivity index (χ0v) is 18.0. The van der Waals surface area contributed by atoms with Crippen LogP contribution in [0.25, 0.3) is 0 Å². The van der Waals surface area contributed by atoms with Gasteiger partial charge in [-0.3, -0.25) is 0 Å². The lowest BCUT2D eigenvalue weighted by Gasteiger charge is -2.40. The minimum atomic E-state index is -5.08. The molecule has 0 saturated carbocycles. The van der Waals surface area contributed by atoms with Crippen LogP contribution in [-0.4, -0.2) is 43.9 Å². The van der Waals surface area contributed by atoms with Crippen molar-refractivity contribution in [3.8, 4) is 5.75 Å². The van der Waals surface area contributed by atoms with Gasteiger partial charge in [-0.05, 0) is 48.4 Å². The average molecular weight is 497 g/mol. The maximum Gasteiger partial charge on any atom is 0.573 e. The normalized spacial score (nSPS) is 17.7. The Hall–Kier alpha value is -2.31. The fourth-order valence-corrected chi connectivity index (χ4v) is 5.45. The van der Waals surface area contributed by atoms with Crippen molar-refractivity contribution in [1.82, 2.24) is 4.31 Å². The van der Waals surface area contributed by atoms with E-state index in [4.69, 9.17) is 0 Å². The largest absolute Gasteiger partial charge is 0.573 e. The predicted molar refractivity (Wildman–Crippen MR) is 106 cm³/mol. The molecule has 1 N–H and O–H groups in total. The van der Waals surface area contributed by atoms with E-state index < -0.39 is 44.2 Å². The van der Waals surface area contributed by atoms with Crippen LogP contribution in [0.5, 0.6) is 5.75 Å². The number of sulfonamides is 1. The first-order valence-corrected chi connectivity index (χ1v) is 11.3. The van der Waals surface area contributed by atoms with Crippen LogP contribution in [0, 0.1) is 5.41 Å². The number of aliphatic hydroxyl groups is 1. The van der Waals surface area contributed by atoms with Gasteiger partial charge in [-0.15, -0.1) is 13.2 Å². The standard InChI is InChI=1S/C21H21F6NO4S/c22-20(23,24)16-5-3-4-15(12-16)13-19(14-29)8-10-28(11-9-19)33(30,31)18-7-2-1-6-17(18)32-21(25,26)27/h1-7,12,29H,8-11,13-14H2. The van der Waals surface area contributed by atoms with Gasteiger partial charge in [0.15, 0.2) is 0 Å². The molecule has 0 unspecified atom stereocenters. The molecule has 12 heteroatoms.